The van der Waals surface area contributed by atoms with Crippen LogP contribution >= 0.6 is 118 Å². The lowest BCUT2D eigenvalue weighted by Crippen LogP contribution is -2.40. The van der Waals surface area contributed by atoms with Crippen molar-refractivity contribution in [3.63, 3.8) is 0 Å². The van der Waals surface area contributed by atoms with Crippen LogP contribution in [0.4, 0.5) is 5.69 Å². The molecule has 0 radical (unpaired) electrons. The predicted octanol–water partition coefficient (Wildman–Crippen LogP) is 21.7. The highest BCUT2D eigenvalue weighted by Crippen LogP contribution is 2.39. The molecule has 0 saturated carbocycles. The van der Waals surface area contributed by atoms with Crippen LogP contribution in [0.5, 0.6) is 0 Å². The van der Waals surface area contributed by atoms with E-state index < -0.39 is 0 Å². The molecule has 0 atom stereocenters. The molecule has 0 aliphatic carbocycles. The lowest BCUT2D eigenvalue weighted by molar-refractivity contribution is 0.291. The molecule has 0 amide bonds. The van der Waals surface area contributed by atoms with Crippen molar-refractivity contribution in [1.82, 2.24) is 10.2 Å². The van der Waals surface area contributed by atoms with Gasteiger partial charge in [-0.15, -0.1) is 12.6 Å². The molecule has 10 rings (SSSR count). The van der Waals surface area contributed by atoms with Crippen LogP contribution in [-0.2, 0) is 0 Å². The van der Waals surface area contributed by atoms with E-state index in [1.807, 2.05) is 48.2 Å². The van der Waals surface area contributed by atoms with Gasteiger partial charge in [0.25, 0.3) is 0 Å². The van der Waals surface area contributed by atoms with Crippen molar-refractivity contribution in [3.8, 4) is 0 Å². The topological polar surface area (TPSA) is 18.5 Å². The van der Waals surface area contributed by atoms with Gasteiger partial charge in [-0.3, -0.25) is 0 Å². The fraction of sp³-hybridized carbons (Fsp3) is 0.284. The fourth-order valence-corrected chi connectivity index (χ4v) is 12.8. The average Bonchev–Trinajstić information content (AvgIpc) is 3.42. The van der Waals surface area contributed by atoms with Gasteiger partial charge in [0.2, 0.25) is 0 Å². The third-order valence-electron chi connectivity index (χ3n) is 12.4. The van der Waals surface area contributed by atoms with Crippen LogP contribution < -0.4 is 10.2 Å². The second-order valence-electron chi connectivity index (χ2n) is 19.2. The molecule has 0 aromatic heterocycles. The zero-order valence-electron chi connectivity index (χ0n) is 46.1. The third kappa shape index (κ3) is 24.3. The minimum absolute atomic E-state index is 0. The number of benzene rings is 8. The van der Waals surface area contributed by atoms with Gasteiger partial charge in [-0.25, -0.2) is 0 Å². The molecule has 1 N–H and O–H groups in total. The number of hydrogen-bond acceptors (Lipinski definition) is 7. The summed E-state index contributed by atoms with van der Waals surface area (Å²) in [6, 6.07) is 59.7. The SMILES string of the molecule is Brc1ccccc1I.C.CN1CCNCC1.Cc1ccc(S)c(C)c1.Cc1ccc(Sc2ccccc2Br)c(C)c1.Cc1ccc(Sc2ccccc2Br)c(C)c1.Cc1ccc(Sc2ccccc2N2CCCCC2)c(C)c1. The average molecular weight is 1420 g/mol. The van der Waals surface area contributed by atoms with E-state index in [-0.39, 0.29) is 7.43 Å². The van der Waals surface area contributed by atoms with Crippen molar-refractivity contribution >= 4 is 124 Å². The van der Waals surface area contributed by atoms with Crippen molar-refractivity contribution in [1.29, 1.82) is 0 Å². The van der Waals surface area contributed by atoms with Gasteiger partial charge >= 0.3 is 0 Å². The van der Waals surface area contributed by atoms with Crippen molar-refractivity contribution in [2.45, 2.75) is 116 Å². The maximum Gasteiger partial charge on any atom is 0.0508 e. The summed E-state index contributed by atoms with van der Waals surface area (Å²) >= 11 is 22.6. The largest absolute Gasteiger partial charge is 0.371 e. The van der Waals surface area contributed by atoms with E-state index in [1.54, 1.807) is 23.5 Å². The minimum Gasteiger partial charge on any atom is -0.371 e. The van der Waals surface area contributed by atoms with Crippen LogP contribution in [-0.4, -0.2) is 51.2 Å². The summed E-state index contributed by atoms with van der Waals surface area (Å²) in [5.74, 6) is 0. The van der Waals surface area contributed by atoms with E-state index in [2.05, 4.69) is 294 Å². The van der Waals surface area contributed by atoms with E-state index in [1.165, 1.54) is 133 Å². The first-order valence-corrected chi connectivity index (χ1v) is 32.5. The standard InChI is InChI=1S/C19H23NS.2C14H13BrS.C8H10S.C6H4BrI.C5H12N2.CH4/c1-15-10-11-18(16(2)14-15)21-19-9-5-4-8-17(19)20-12-6-3-7-13-20;2*1-10-7-8-13(11(2)9-10)16-14-6-4-3-5-12(14)15;1-6-3-4-8(9)7(2)5-6;7-5-3-1-2-4-6(5)8;1-7-4-2-6-3-5-7;/h4-5,8-11,14H,3,6-7,12-13H2,1-2H3;2*3-9H,1-2H3;3-5,9H,1-2H3;1-4H;6H,2-5H2,1H3;1H4. The van der Waals surface area contributed by atoms with Crippen molar-refractivity contribution in [2.75, 3.05) is 51.2 Å². The number of piperazine rings is 1. The smallest absolute Gasteiger partial charge is 0.0508 e. The number of halogens is 4. The second-order valence-corrected chi connectivity index (χ2v) is 26.7. The lowest BCUT2D eigenvalue weighted by atomic mass is 10.1. The third-order valence-corrected chi connectivity index (χ3v) is 20.9. The molecular formula is C67H79Br3IN3S4. The molecule has 2 fully saturated rings. The molecule has 3 nitrogen and oxygen atoms in total. The molecule has 0 spiro atoms. The number of thiol groups is 1. The number of anilines is 1. The lowest BCUT2D eigenvalue weighted by Gasteiger charge is -2.30. The predicted molar refractivity (Wildman–Crippen MR) is 368 cm³/mol. The Kier molecular flexibility index (Phi) is 31.6. The highest BCUT2D eigenvalue weighted by Gasteiger charge is 2.15. The van der Waals surface area contributed by atoms with Gasteiger partial charge in [-0.2, -0.15) is 0 Å². The molecule has 78 heavy (non-hydrogen) atoms. The number of nitrogens with zero attached hydrogens (tertiary/aromatic N) is 2. The number of hydrogen-bond donors (Lipinski definition) is 2. The highest BCUT2D eigenvalue weighted by atomic mass is 127. The molecule has 414 valence electrons. The van der Waals surface area contributed by atoms with E-state index in [4.69, 9.17) is 0 Å². The van der Waals surface area contributed by atoms with Crippen LogP contribution in [0, 0.1) is 59.0 Å². The van der Waals surface area contributed by atoms with E-state index in [9.17, 15) is 0 Å². The molecular weight excluding hydrogens is 1340 g/mol. The first-order chi connectivity index (χ1) is 37.0. The Labute approximate surface area is 527 Å². The zero-order valence-corrected chi connectivity index (χ0v) is 56.4. The van der Waals surface area contributed by atoms with Gasteiger partial charge in [0.15, 0.2) is 0 Å². The number of rotatable bonds is 7. The van der Waals surface area contributed by atoms with E-state index in [0.717, 1.165) is 26.9 Å². The minimum atomic E-state index is 0. The van der Waals surface area contributed by atoms with Crippen molar-refractivity contribution < 1.29 is 0 Å². The number of piperidine rings is 1. The first-order valence-electron chi connectivity index (χ1n) is 26.1. The zero-order chi connectivity index (χ0) is 55.7. The Bertz CT molecular complexity index is 2950. The van der Waals surface area contributed by atoms with Crippen LogP contribution in [0.3, 0.4) is 0 Å². The molecule has 2 aliphatic rings. The highest BCUT2D eigenvalue weighted by molar-refractivity contribution is 14.1. The summed E-state index contributed by atoms with van der Waals surface area (Å²) < 4.78 is 4.73. The molecule has 2 saturated heterocycles. The first kappa shape index (κ1) is 67.6. The summed E-state index contributed by atoms with van der Waals surface area (Å²) in [4.78, 5) is 13.8. The van der Waals surface area contributed by atoms with E-state index >= 15 is 0 Å². The summed E-state index contributed by atoms with van der Waals surface area (Å²) in [6.07, 6.45) is 4.02. The van der Waals surface area contributed by atoms with Gasteiger partial charge in [0, 0.05) is 90.5 Å². The van der Waals surface area contributed by atoms with E-state index in [0.29, 0.717) is 0 Å². The van der Waals surface area contributed by atoms with Crippen molar-refractivity contribution in [3.05, 3.63) is 231 Å². The van der Waals surface area contributed by atoms with Crippen molar-refractivity contribution in [2.24, 2.45) is 0 Å². The second kappa shape index (κ2) is 36.5. The van der Waals surface area contributed by atoms with Gasteiger partial charge in [-0.1, -0.05) is 162 Å². The molecule has 11 heteroatoms. The summed E-state index contributed by atoms with van der Waals surface area (Å²) in [5.41, 5.74) is 11.9. The van der Waals surface area contributed by atoms with Gasteiger partial charge in [-0.05, 0) is 247 Å². The number of para-hydroxylation sites is 1. The van der Waals surface area contributed by atoms with Crippen LogP contribution in [0.15, 0.2) is 218 Å². The Morgan fingerprint density at radius 3 is 1.15 bits per heavy atom. The Morgan fingerprint density at radius 1 is 0.423 bits per heavy atom. The number of likely N-dealkylation sites (N-methyl/N-ethyl adjacent to an activating group) is 1. The Morgan fingerprint density at radius 2 is 0.795 bits per heavy atom. The summed E-state index contributed by atoms with van der Waals surface area (Å²) in [6.45, 7) is 24.2. The summed E-state index contributed by atoms with van der Waals surface area (Å²) in [7, 11) is 2.15. The van der Waals surface area contributed by atoms with Gasteiger partial charge < -0.3 is 15.1 Å². The van der Waals surface area contributed by atoms with Crippen LogP contribution in [0.1, 0.15) is 71.2 Å². The fourth-order valence-electron chi connectivity index (χ4n) is 8.11. The monoisotopic (exact) mass is 1420 g/mol. The van der Waals surface area contributed by atoms with Gasteiger partial charge in [0.1, 0.15) is 0 Å². The van der Waals surface area contributed by atoms with Crippen LogP contribution in [0.2, 0.25) is 0 Å². The van der Waals surface area contributed by atoms with Gasteiger partial charge in [0.05, 0.1) is 5.69 Å². The molecule has 0 bridgehead atoms. The molecule has 2 heterocycles. The number of aryl methyl sites for hydroxylation is 8. The number of nitrogens with one attached hydrogen (secondary N) is 1. The molecule has 0 unspecified atom stereocenters. The molecule has 8 aromatic rings. The van der Waals surface area contributed by atoms with Crippen LogP contribution in [0.25, 0.3) is 0 Å². The quantitative estimate of drug-likeness (QED) is 0.121. The molecule has 8 aromatic carbocycles. The normalized spacial score (nSPS) is 12.7. The maximum absolute atomic E-state index is 4.25. The Hall–Kier alpha value is -2.95. The Balaban J connectivity index is 0.000000210. The maximum atomic E-state index is 4.25. The summed E-state index contributed by atoms with van der Waals surface area (Å²) in [5, 5.41) is 3.27. The molecule has 2 aliphatic heterocycles.